The van der Waals surface area contributed by atoms with E-state index < -0.39 is 5.97 Å². The van der Waals surface area contributed by atoms with Crippen molar-refractivity contribution in [2.45, 2.75) is 13.0 Å². The van der Waals surface area contributed by atoms with Crippen LogP contribution < -0.4 is 4.74 Å². The average molecular weight is 291 g/mol. The molecule has 1 aromatic heterocycles. The van der Waals surface area contributed by atoms with E-state index in [4.69, 9.17) is 14.6 Å². The molecular weight excluding hydrogens is 274 g/mol. The molecule has 0 aliphatic carbocycles. The summed E-state index contributed by atoms with van der Waals surface area (Å²) in [7, 11) is 3.16. The number of hydrogen-bond donors (Lipinski definition) is 1. The maximum absolute atomic E-state index is 11.2. The fraction of sp³-hybridized carbons (Fsp3) is 0.357. The topological polar surface area (TPSA) is 86.5 Å². The third-order valence-electron chi connectivity index (χ3n) is 3.05. The molecule has 0 unspecified atom stereocenters. The molecule has 112 valence electrons. The molecule has 21 heavy (non-hydrogen) atoms. The van der Waals surface area contributed by atoms with Crippen LogP contribution in [-0.4, -0.2) is 46.9 Å². The van der Waals surface area contributed by atoms with Crippen LogP contribution >= 0.6 is 0 Å². The molecule has 1 aromatic carbocycles. The number of ether oxygens (including phenoxy) is 2. The van der Waals surface area contributed by atoms with Gasteiger partial charge in [0.2, 0.25) is 0 Å². The van der Waals surface area contributed by atoms with E-state index >= 15 is 0 Å². The first-order valence-corrected chi connectivity index (χ1v) is 6.43. The predicted molar refractivity (Wildman–Crippen MR) is 74.7 cm³/mol. The number of methoxy groups -OCH3 is 2. The Morgan fingerprint density at radius 3 is 2.86 bits per heavy atom. The molecule has 7 nitrogen and oxygen atoms in total. The molecule has 0 bridgehead atoms. The zero-order valence-corrected chi connectivity index (χ0v) is 11.9. The highest BCUT2D eigenvalue weighted by Gasteiger charge is 2.18. The van der Waals surface area contributed by atoms with Crippen LogP contribution in [0.15, 0.2) is 24.3 Å². The van der Waals surface area contributed by atoms with Gasteiger partial charge in [-0.25, -0.2) is 9.48 Å². The lowest BCUT2D eigenvalue weighted by atomic mass is 10.2. The molecule has 0 spiro atoms. The van der Waals surface area contributed by atoms with Crippen LogP contribution in [-0.2, 0) is 17.7 Å². The standard InChI is InChI=1S/C14H17N3O4/c1-20-7-6-12-13(14(18)19)15-16-17(12)9-10-4-3-5-11(8-10)21-2/h3-5,8H,6-7,9H2,1-2H3,(H,18,19). The second-order valence-electron chi connectivity index (χ2n) is 4.44. The van der Waals surface area contributed by atoms with Gasteiger partial charge in [-0.2, -0.15) is 0 Å². The fourth-order valence-electron chi connectivity index (χ4n) is 2.02. The second kappa shape index (κ2) is 6.85. The van der Waals surface area contributed by atoms with E-state index in [0.29, 0.717) is 25.3 Å². The minimum Gasteiger partial charge on any atom is -0.497 e. The van der Waals surface area contributed by atoms with E-state index in [2.05, 4.69) is 10.3 Å². The van der Waals surface area contributed by atoms with Crippen molar-refractivity contribution in [1.82, 2.24) is 15.0 Å². The third kappa shape index (κ3) is 3.57. The first kappa shape index (κ1) is 15.0. The summed E-state index contributed by atoms with van der Waals surface area (Å²) in [6.07, 6.45) is 0.440. The highest BCUT2D eigenvalue weighted by atomic mass is 16.5. The van der Waals surface area contributed by atoms with Gasteiger partial charge in [-0.15, -0.1) is 5.10 Å². The normalized spacial score (nSPS) is 10.6. The number of benzene rings is 1. The summed E-state index contributed by atoms with van der Waals surface area (Å²) in [5.41, 5.74) is 1.47. The van der Waals surface area contributed by atoms with E-state index in [1.54, 1.807) is 18.9 Å². The summed E-state index contributed by atoms with van der Waals surface area (Å²) in [4.78, 5) is 11.2. The van der Waals surface area contributed by atoms with Crippen LogP contribution in [0.3, 0.4) is 0 Å². The number of aromatic carboxylic acids is 1. The Hall–Kier alpha value is -2.41. The average Bonchev–Trinajstić information content (AvgIpc) is 2.88. The van der Waals surface area contributed by atoms with Crippen molar-refractivity contribution in [2.75, 3.05) is 20.8 Å². The Balaban J connectivity index is 2.27. The molecule has 0 atom stereocenters. The van der Waals surface area contributed by atoms with Gasteiger partial charge < -0.3 is 14.6 Å². The van der Waals surface area contributed by atoms with Gasteiger partial charge in [0.25, 0.3) is 0 Å². The zero-order chi connectivity index (χ0) is 15.2. The smallest absolute Gasteiger partial charge is 0.358 e. The van der Waals surface area contributed by atoms with Gasteiger partial charge in [-0.05, 0) is 17.7 Å². The van der Waals surface area contributed by atoms with Crippen LogP contribution in [0.1, 0.15) is 21.7 Å². The maximum Gasteiger partial charge on any atom is 0.358 e. The summed E-state index contributed by atoms with van der Waals surface area (Å²) in [5.74, 6) is -0.345. The Morgan fingerprint density at radius 1 is 1.38 bits per heavy atom. The van der Waals surface area contributed by atoms with Crippen molar-refractivity contribution in [3.8, 4) is 5.75 Å². The van der Waals surface area contributed by atoms with Crippen LogP contribution in [0.4, 0.5) is 0 Å². The molecule has 1 N–H and O–H groups in total. The summed E-state index contributed by atoms with van der Waals surface area (Å²) in [6, 6.07) is 7.52. The molecule has 0 aliphatic rings. The number of rotatable bonds is 7. The van der Waals surface area contributed by atoms with Gasteiger partial charge in [0.05, 0.1) is 26.0 Å². The summed E-state index contributed by atoms with van der Waals surface area (Å²) in [5, 5.41) is 16.8. The number of hydrogen-bond acceptors (Lipinski definition) is 5. The molecule has 0 radical (unpaired) electrons. The van der Waals surface area contributed by atoms with Crippen molar-refractivity contribution >= 4 is 5.97 Å². The molecule has 0 amide bonds. The van der Waals surface area contributed by atoms with Crippen molar-refractivity contribution in [3.63, 3.8) is 0 Å². The van der Waals surface area contributed by atoms with Crippen molar-refractivity contribution in [1.29, 1.82) is 0 Å². The highest BCUT2D eigenvalue weighted by Crippen LogP contribution is 2.15. The third-order valence-corrected chi connectivity index (χ3v) is 3.05. The highest BCUT2D eigenvalue weighted by molar-refractivity contribution is 5.86. The first-order valence-electron chi connectivity index (χ1n) is 6.43. The summed E-state index contributed by atoms with van der Waals surface area (Å²) >= 11 is 0. The monoisotopic (exact) mass is 291 g/mol. The van der Waals surface area contributed by atoms with E-state index in [1.165, 1.54) is 0 Å². The predicted octanol–water partition coefficient (Wildman–Crippen LogP) is 1.22. The lowest BCUT2D eigenvalue weighted by Crippen LogP contribution is -2.11. The molecule has 0 fully saturated rings. The maximum atomic E-state index is 11.2. The van der Waals surface area contributed by atoms with Gasteiger partial charge in [0, 0.05) is 13.5 Å². The largest absolute Gasteiger partial charge is 0.497 e. The Kier molecular flexibility index (Phi) is 4.89. The van der Waals surface area contributed by atoms with Crippen molar-refractivity contribution < 1.29 is 19.4 Å². The quantitative estimate of drug-likeness (QED) is 0.825. The van der Waals surface area contributed by atoms with E-state index in [0.717, 1.165) is 11.3 Å². The van der Waals surface area contributed by atoms with E-state index in [9.17, 15) is 4.79 Å². The van der Waals surface area contributed by atoms with Gasteiger partial charge in [0.15, 0.2) is 5.69 Å². The fourth-order valence-corrected chi connectivity index (χ4v) is 2.02. The van der Waals surface area contributed by atoms with E-state index in [-0.39, 0.29) is 5.69 Å². The molecule has 0 saturated heterocycles. The second-order valence-corrected chi connectivity index (χ2v) is 4.44. The molecule has 7 heteroatoms. The van der Waals surface area contributed by atoms with Gasteiger partial charge in [-0.3, -0.25) is 0 Å². The number of carbonyl (C=O) groups is 1. The summed E-state index contributed by atoms with van der Waals surface area (Å²) in [6.45, 7) is 0.836. The van der Waals surface area contributed by atoms with Crippen molar-refractivity contribution in [3.05, 3.63) is 41.2 Å². The molecule has 0 saturated carbocycles. The van der Waals surface area contributed by atoms with E-state index in [1.807, 2.05) is 24.3 Å². The lowest BCUT2D eigenvalue weighted by Gasteiger charge is -2.08. The minimum atomic E-state index is -1.09. The Labute approximate surface area is 122 Å². The molecule has 2 rings (SSSR count). The van der Waals surface area contributed by atoms with Crippen LogP contribution in [0, 0.1) is 0 Å². The zero-order valence-electron chi connectivity index (χ0n) is 11.9. The van der Waals surface area contributed by atoms with Crippen LogP contribution in [0.25, 0.3) is 0 Å². The van der Waals surface area contributed by atoms with Crippen LogP contribution in [0.2, 0.25) is 0 Å². The minimum absolute atomic E-state index is 0.0325. The number of carboxylic acid groups (broad SMARTS) is 1. The SMILES string of the molecule is COCCc1c(C(=O)O)nnn1Cc1cccc(OC)c1. The van der Waals surface area contributed by atoms with Crippen molar-refractivity contribution in [2.24, 2.45) is 0 Å². The molecule has 1 heterocycles. The van der Waals surface area contributed by atoms with Gasteiger partial charge >= 0.3 is 5.97 Å². The number of carboxylic acids is 1. The van der Waals surface area contributed by atoms with Crippen LogP contribution in [0.5, 0.6) is 5.75 Å². The Morgan fingerprint density at radius 2 is 2.19 bits per heavy atom. The Bertz CT molecular complexity index is 624. The molecular formula is C14H17N3O4. The lowest BCUT2D eigenvalue weighted by molar-refractivity contribution is 0.0688. The number of nitrogens with zero attached hydrogens (tertiary/aromatic N) is 3. The molecule has 2 aromatic rings. The summed E-state index contributed by atoms with van der Waals surface area (Å²) < 4.78 is 11.8. The number of aromatic nitrogens is 3. The first-order chi connectivity index (χ1) is 10.2. The molecule has 0 aliphatic heterocycles. The van der Waals surface area contributed by atoms with Gasteiger partial charge in [0.1, 0.15) is 5.75 Å². The van der Waals surface area contributed by atoms with Gasteiger partial charge in [-0.1, -0.05) is 17.3 Å².